The molecule has 3 rings (SSSR count). The van der Waals surface area contributed by atoms with Crippen LogP contribution in [0.1, 0.15) is 5.56 Å². The molecule has 2 heterocycles. The van der Waals surface area contributed by atoms with Crippen LogP contribution in [0.2, 0.25) is 5.15 Å². The number of hydrogen-bond acceptors (Lipinski definition) is 4. The number of carbonyl (C=O) groups excluding carboxylic acids is 1. The largest absolute Gasteiger partial charge is 0.323 e. The molecule has 1 N–H and O–H groups in total. The predicted molar refractivity (Wildman–Crippen MR) is 84.7 cm³/mol. The first-order chi connectivity index (χ1) is 10.7. The molecule has 0 aliphatic rings. The van der Waals surface area contributed by atoms with E-state index >= 15 is 0 Å². The number of nitrogens with zero attached hydrogens (tertiary/aromatic N) is 4. The first kappa shape index (κ1) is 14.2. The highest BCUT2D eigenvalue weighted by Crippen LogP contribution is 2.18. The third kappa shape index (κ3) is 2.82. The molecule has 0 saturated heterocycles. The fraction of sp³-hybridized carbons (Fsp3) is 0.0667. The number of anilines is 1. The number of rotatable bonds is 4. The van der Waals surface area contributed by atoms with Crippen LogP contribution in [-0.2, 0) is 11.3 Å². The van der Waals surface area contributed by atoms with Crippen molar-refractivity contribution in [1.29, 1.82) is 0 Å². The van der Waals surface area contributed by atoms with Crippen molar-refractivity contribution < 1.29 is 4.79 Å². The molecule has 0 aliphatic carbocycles. The van der Waals surface area contributed by atoms with Crippen molar-refractivity contribution in [2.75, 3.05) is 5.32 Å². The Morgan fingerprint density at radius 1 is 1.27 bits per heavy atom. The van der Waals surface area contributed by atoms with Crippen LogP contribution in [0.4, 0.5) is 5.69 Å². The zero-order chi connectivity index (χ0) is 15.5. The molecule has 0 saturated carbocycles. The van der Waals surface area contributed by atoms with Gasteiger partial charge in [-0.1, -0.05) is 30.3 Å². The van der Waals surface area contributed by atoms with Crippen LogP contribution in [-0.4, -0.2) is 25.4 Å². The molecule has 0 atom stereocenters. The maximum Gasteiger partial charge on any atom is 0.247 e. The second kappa shape index (κ2) is 5.95. The van der Waals surface area contributed by atoms with Crippen LogP contribution in [0.25, 0.3) is 11.2 Å². The molecule has 1 aromatic carbocycles. The number of nitrogens with one attached hydrogen (secondary N) is 1. The van der Waals surface area contributed by atoms with Gasteiger partial charge in [-0.05, 0) is 23.8 Å². The first-order valence-electron chi connectivity index (χ1n) is 6.51. The summed E-state index contributed by atoms with van der Waals surface area (Å²) in [6.07, 6.45) is 4.32. The van der Waals surface area contributed by atoms with Crippen LogP contribution in [0.5, 0.6) is 0 Å². The SMILES string of the molecule is C=CC(=O)Nc1ccc(Cn2cnc3c(Cl)ncnc32)cc1. The van der Waals surface area contributed by atoms with Gasteiger partial charge in [0.1, 0.15) is 11.8 Å². The summed E-state index contributed by atoms with van der Waals surface area (Å²) < 4.78 is 1.89. The molecule has 0 spiro atoms. The van der Waals surface area contributed by atoms with Crippen molar-refractivity contribution >= 4 is 34.4 Å². The van der Waals surface area contributed by atoms with E-state index in [1.807, 2.05) is 28.8 Å². The minimum absolute atomic E-state index is 0.236. The third-order valence-electron chi connectivity index (χ3n) is 3.12. The number of fused-ring (bicyclic) bond motifs is 1. The molecule has 3 aromatic rings. The lowest BCUT2D eigenvalue weighted by molar-refractivity contribution is -0.111. The maximum atomic E-state index is 11.2. The summed E-state index contributed by atoms with van der Waals surface area (Å²) in [6, 6.07) is 7.51. The van der Waals surface area contributed by atoms with E-state index in [0.717, 1.165) is 11.3 Å². The highest BCUT2D eigenvalue weighted by Gasteiger charge is 2.08. The van der Waals surface area contributed by atoms with Crippen LogP contribution in [0.3, 0.4) is 0 Å². The van der Waals surface area contributed by atoms with Gasteiger partial charge in [0.05, 0.1) is 12.9 Å². The summed E-state index contributed by atoms with van der Waals surface area (Å²) in [5.74, 6) is -0.236. The fourth-order valence-corrected chi connectivity index (χ4v) is 2.23. The zero-order valence-electron chi connectivity index (χ0n) is 11.5. The average molecular weight is 314 g/mol. The van der Waals surface area contributed by atoms with Crippen molar-refractivity contribution in [3.05, 3.63) is 60.3 Å². The number of hydrogen-bond donors (Lipinski definition) is 1. The Morgan fingerprint density at radius 3 is 2.77 bits per heavy atom. The van der Waals surface area contributed by atoms with Crippen LogP contribution in [0, 0.1) is 0 Å². The number of carbonyl (C=O) groups is 1. The van der Waals surface area contributed by atoms with E-state index in [1.165, 1.54) is 12.4 Å². The molecule has 0 fully saturated rings. The number of aromatic nitrogens is 4. The van der Waals surface area contributed by atoms with Crippen LogP contribution in [0.15, 0.2) is 49.6 Å². The highest BCUT2D eigenvalue weighted by molar-refractivity contribution is 6.33. The number of benzene rings is 1. The summed E-state index contributed by atoms with van der Waals surface area (Å²) >= 11 is 5.98. The molecule has 110 valence electrons. The minimum atomic E-state index is -0.236. The lowest BCUT2D eigenvalue weighted by atomic mass is 10.2. The minimum Gasteiger partial charge on any atom is -0.323 e. The van der Waals surface area contributed by atoms with Crippen molar-refractivity contribution in [3.8, 4) is 0 Å². The molecule has 6 nitrogen and oxygen atoms in total. The van der Waals surface area contributed by atoms with E-state index in [1.54, 1.807) is 6.33 Å². The fourth-order valence-electron chi connectivity index (χ4n) is 2.05. The smallest absolute Gasteiger partial charge is 0.247 e. The second-order valence-corrected chi connectivity index (χ2v) is 4.96. The summed E-state index contributed by atoms with van der Waals surface area (Å²) in [6.45, 7) is 4.01. The van der Waals surface area contributed by atoms with E-state index in [0.29, 0.717) is 22.9 Å². The Balaban J connectivity index is 1.81. The van der Waals surface area contributed by atoms with Gasteiger partial charge in [-0.2, -0.15) is 0 Å². The Bertz CT molecular complexity index is 841. The highest BCUT2D eigenvalue weighted by atomic mass is 35.5. The zero-order valence-corrected chi connectivity index (χ0v) is 12.3. The molecular formula is C15H12ClN5O. The van der Waals surface area contributed by atoms with Crippen molar-refractivity contribution in [1.82, 2.24) is 19.5 Å². The number of amides is 1. The van der Waals surface area contributed by atoms with Crippen molar-refractivity contribution in [2.45, 2.75) is 6.54 Å². The normalized spacial score (nSPS) is 10.6. The topological polar surface area (TPSA) is 72.7 Å². The Kier molecular flexibility index (Phi) is 3.84. The van der Waals surface area contributed by atoms with E-state index in [9.17, 15) is 4.79 Å². The van der Waals surface area contributed by atoms with Gasteiger partial charge in [-0.15, -0.1) is 0 Å². The third-order valence-corrected chi connectivity index (χ3v) is 3.39. The molecular weight excluding hydrogens is 302 g/mol. The molecule has 0 unspecified atom stereocenters. The van der Waals surface area contributed by atoms with Gasteiger partial charge >= 0.3 is 0 Å². The number of imidazole rings is 1. The molecule has 0 bridgehead atoms. The van der Waals surface area contributed by atoms with Gasteiger partial charge in [0.2, 0.25) is 5.91 Å². The van der Waals surface area contributed by atoms with Crippen LogP contribution < -0.4 is 5.32 Å². The summed E-state index contributed by atoms with van der Waals surface area (Å²) in [5.41, 5.74) is 3.03. The maximum absolute atomic E-state index is 11.2. The van der Waals surface area contributed by atoms with E-state index in [2.05, 4.69) is 26.8 Å². The van der Waals surface area contributed by atoms with Gasteiger partial charge in [0.25, 0.3) is 0 Å². The van der Waals surface area contributed by atoms with Gasteiger partial charge in [0, 0.05) is 5.69 Å². The van der Waals surface area contributed by atoms with Gasteiger partial charge in [-0.25, -0.2) is 15.0 Å². The van der Waals surface area contributed by atoms with E-state index in [-0.39, 0.29) is 5.91 Å². The number of halogens is 1. The van der Waals surface area contributed by atoms with Crippen molar-refractivity contribution in [2.24, 2.45) is 0 Å². The van der Waals surface area contributed by atoms with Gasteiger partial charge in [0.15, 0.2) is 10.8 Å². The average Bonchev–Trinajstić information content (AvgIpc) is 2.94. The predicted octanol–water partition coefficient (Wildman–Crippen LogP) is 2.65. The molecule has 7 heteroatoms. The summed E-state index contributed by atoms with van der Waals surface area (Å²) in [5, 5.41) is 3.04. The van der Waals surface area contributed by atoms with Crippen molar-refractivity contribution in [3.63, 3.8) is 0 Å². The Morgan fingerprint density at radius 2 is 2.05 bits per heavy atom. The second-order valence-electron chi connectivity index (χ2n) is 4.60. The summed E-state index contributed by atoms with van der Waals surface area (Å²) in [7, 11) is 0. The first-order valence-corrected chi connectivity index (χ1v) is 6.89. The van der Waals surface area contributed by atoms with E-state index < -0.39 is 0 Å². The summed E-state index contributed by atoms with van der Waals surface area (Å²) in [4.78, 5) is 23.6. The molecule has 1 amide bonds. The Labute approximate surface area is 131 Å². The van der Waals surface area contributed by atoms with Gasteiger partial charge in [-0.3, -0.25) is 4.79 Å². The standard InChI is InChI=1S/C15H12ClN5O/c1-2-12(22)20-11-5-3-10(4-6-11)7-21-9-19-13-14(16)17-8-18-15(13)21/h2-6,8-9H,1,7H2,(H,20,22). The van der Waals surface area contributed by atoms with E-state index in [4.69, 9.17) is 11.6 Å². The Hall–Kier alpha value is -2.73. The molecule has 0 aliphatic heterocycles. The van der Waals surface area contributed by atoms with Gasteiger partial charge < -0.3 is 9.88 Å². The quantitative estimate of drug-likeness (QED) is 0.593. The lowest BCUT2D eigenvalue weighted by Crippen LogP contribution is -2.07. The molecule has 22 heavy (non-hydrogen) atoms. The lowest BCUT2D eigenvalue weighted by Gasteiger charge is -2.06. The molecule has 0 radical (unpaired) electrons. The monoisotopic (exact) mass is 313 g/mol. The molecule has 2 aromatic heterocycles. The van der Waals surface area contributed by atoms with Crippen LogP contribution >= 0.6 is 11.6 Å².